The lowest BCUT2D eigenvalue weighted by molar-refractivity contribution is 0.480. The molecule has 0 saturated heterocycles. The zero-order valence-electron chi connectivity index (χ0n) is 11.5. The molecule has 3 aromatic rings. The van der Waals surface area contributed by atoms with Crippen molar-refractivity contribution < 1.29 is 13.5 Å². The minimum atomic E-state index is -3.73. The van der Waals surface area contributed by atoms with E-state index in [-0.39, 0.29) is 22.8 Å². The van der Waals surface area contributed by atoms with Crippen LogP contribution in [0.4, 0.5) is 0 Å². The van der Waals surface area contributed by atoms with Gasteiger partial charge in [-0.3, -0.25) is 0 Å². The lowest BCUT2D eigenvalue weighted by Crippen LogP contribution is -2.26. The number of phenols is 1. The number of hydrogen-bond donors (Lipinski definition) is 3. The molecule has 0 aliphatic heterocycles. The van der Waals surface area contributed by atoms with Crippen molar-refractivity contribution in [2.45, 2.75) is 11.4 Å². The molecule has 0 spiro atoms. The van der Waals surface area contributed by atoms with Crippen LogP contribution in [0.5, 0.6) is 5.75 Å². The molecule has 8 heteroatoms. The molecular formula is C14H14N4O3S. The van der Waals surface area contributed by atoms with Crippen molar-refractivity contribution in [2.24, 2.45) is 0 Å². The SMILES string of the molecule is O=S(=O)(NCCc1cnc[nH]1)c1ccc2cccc(O)c2n1. The first-order valence-electron chi connectivity index (χ1n) is 6.62. The molecule has 22 heavy (non-hydrogen) atoms. The standard InChI is InChI=1S/C14H14N4O3S/c19-12-3-1-2-10-4-5-13(18-14(10)12)22(20,21)17-7-6-11-8-15-9-16-11/h1-5,8-9,17,19H,6-7H2,(H,15,16). The second kappa shape index (κ2) is 5.74. The molecule has 0 amide bonds. The predicted octanol–water partition coefficient (Wildman–Crippen LogP) is 1.18. The largest absolute Gasteiger partial charge is 0.506 e. The first kappa shape index (κ1) is 14.5. The molecule has 0 bridgehead atoms. The molecular weight excluding hydrogens is 304 g/mol. The van der Waals surface area contributed by atoms with E-state index in [9.17, 15) is 13.5 Å². The van der Waals surface area contributed by atoms with Crippen molar-refractivity contribution in [3.8, 4) is 5.75 Å². The molecule has 0 atom stereocenters. The van der Waals surface area contributed by atoms with E-state index < -0.39 is 10.0 Å². The molecule has 2 aromatic heterocycles. The van der Waals surface area contributed by atoms with Gasteiger partial charge in [-0.1, -0.05) is 12.1 Å². The van der Waals surface area contributed by atoms with Crippen LogP contribution < -0.4 is 4.72 Å². The highest BCUT2D eigenvalue weighted by atomic mass is 32.2. The van der Waals surface area contributed by atoms with Gasteiger partial charge in [0.25, 0.3) is 10.0 Å². The first-order chi connectivity index (χ1) is 10.6. The summed E-state index contributed by atoms with van der Waals surface area (Å²) in [5.41, 5.74) is 1.10. The third kappa shape index (κ3) is 2.92. The van der Waals surface area contributed by atoms with Crippen LogP contribution in [0.3, 0.4) is 0 Å². The molecule has 0 fully saturated rings. The molecule has 2 heterocycles. The number of aromatic amines is 1. The second-order valence-electron chi connectivity index (χ2n) is 4.72. The Morgan fingerprint density at radius 2 is 2.09 bits per heavy atom. The Bertz CT molecular complexity index is 892. The fourth-order valence-corrected chi connectivity index (χ4v) is 3.06. The Hall–Kier alpha value is -2.45. The molecule has 3 rings (SSSR count). The molecule has 1 aromatic carbocycles. The van der Waals surface area contributed by atoms with Gasteiger partial charge in [0.15, 0.2) is 5.03 Å². The maximum Gasteiger partial charge on any atom is 0.258 e. The average molecular weight is 318 g/mol. The summed E-state index contributed by atoms with van der Waals surface area (Å²) in [7, 11) is -3.73. The Morgan fingerprint density at radius 1 is 1.23 bits per heavy atom. The number of pyridine rings is 1. The normalized spacial score (nSPS) is 11.8. The Labute approximate surface area is 127 Å². The fraction of sp³-hybridized carbons (Fsp3) is 0.143. The number of para-hydroxylation sites is 1. The summed E-state index contributed by atoms with van der Waals surface area (Å²) in [4.78, 5) is 10.8. The summed E-state index contributed by atoms with van der Waals surface area (Å²) in [6.07, 6.45) is 3.68. The van der Waals surface area contributed by atoms with Gasteiger partial charge in [-0.15, -0.1) is 0 Å². The number of nitrogens with one attached hydrogen (secondary N) is 2. The Balaban J connectivity index is 1.81. The van der Waals surface area contributed by atoms with E-state index in [0.29, 0.717) is 11.8 Å². The quantitative estimate of drug-likeness (QED) is 0.655. The van der Waals surface area contributed by atoms with Crippen molar-refractivity contribution in [1.29, 1.82) is 0 Å². The Morgan fingerprint density at radius 3 is 2.86 bits per heavy atom. The summed E-state index contributed by atoms with van der Waals surface area (Å²) in [5.74, 6) is -0.0491. The van der Waals surface area contributed by atoms with Gasteiger partial charge in [0.2, 0.25) is 0 Å². The summed E-state index contributed by atoms with van der Waals surface area (Å²) < 4.78 is 26.9. The molecule has 0 unspecified atom stereocenters. The number of H-pyrrole nitrogens is 1. The average Bonchev–Trinajstić information content (AvgIpc) is 3.00. The zero-order chi connectivity index (χ0) is 15.6. The number of fused-ring (bicyclic) bond motifs is 1. The number of rotatable bonds is 5. The van der Waals surface area contributed by atoms with Gasteiger partial charge in [0.1, 0.15) is 11.3 Å². The van der Waals surface area contributed by atoms with Gasteiger partial charge in [-0.25, -0.2) is 23.1 Å². The van der Waals surface area contributed by atoms with E-state index >= 15 is 0 Å². The molecule has 0 aliphatic carbocycles. The molecule has 0 saturated carbocycles. The van der Waals surface area contributed by atoms with Gasteiger partial charge in [0, 0.05) is 30.2 Å². The number of nitrogens with zero attached hydrogens (tertiary/aromatic N) is 2. The van der Waals surface area contributed by atoms with Gasteiger partial charge in [-0.2, -0.15) is 0 Å². The third-order valence-electron chi connectivity index (χ3n) is 3.19. The van der Waals surface area contributed by atoms with Crippen LogP contribution in [-0.4, -0.2) is 35.0 Å². The Kier molecular flexibility index (Phi) is 3.78. The van der Waals surface area contributed by atoms with Gasteiger partial charge < -0.3 is 10.1 Å². The lowest BCUT2D eigenvalue weighted by Gasteiger charge is -2.07. The highest BCUT2D eigenvalue weighted by Gasteiger charge is 2.16. The van der Waals surface area contributed by atoms with Crippen molar-refractivity contribution in [3.05, 3.63) is 48.5 Å². The number of benzene rings is 1. The van der Waals surface area contributed by atoms with Crippen LogP contribution in [0.1, 0.15) is 5.69 Å². The highest BCUT2D eigenvalue weighted by molar-refractivity contribution is 7.89. The van der Waals surface area contributed by atoms with E-state index in [1.165, 1.54) is 18.5 Å². The number of imidazole rings is 1. The maximum atomic E-state index is 12.2. The molecule has 0 aliphatic rings. The lowest BCUT2D eigenvalue weighted by atomic mass is 10.2. The minimum Gasteiger partial charge on any atom is -0.506 e. The van der Waals surface area contributed by atoms with Gasteiger partial charge in [-0.05, 0) is 18.2 Å². The summed E-state index contributed by atoms with van der Waals surface area (Å²) >= 11 is 0. The van der Waals surface area contributed by atoms with Crippen LogP contribution in [-0.2, 0) is 16.4 Å². The maximum absolute atomic E-state index is 12.2. The van der Waals surface area contributed by atoms with E-state index in [2.05, 4.69) is 19.7 Å². The van der Waals surface area contributed by atoms with Crippen molar-refractivity contribution in [1.82, 2.24) is 19.7 Å². The zero-order valence-corrected chi connectivity index (χ0v) is 12.3. The second-order valence-corrected chi connectivity index (χ2v) is 6.44. The van der Waals surface area contributed by atoms with Crippen LogP contribution in [0.15, 0.2) is 47.9 Å². The van der Waals surface area contributed by atoms with E-state index in [0.717, 1.165) is 5.69 Å². The van der Waals surface area contributed by atoms with Crippen LogP contribution in [0.2, 0.25) is 0 Å². The monoisotopic (exact) mass is 318 g/mol. The van der Waals surface area contributed by atoms with Crippen molar-refractivity contribution in [3.63, 3.8) is 0 Å². The highest BCUT2D eigenvalue weighted by Crippen LogP contribution is 2.23. The van der Waals surface area contributed by atoms with Gasteiger partial charge in [0.05, 0.1) is 6.33 Å². The van der Waals surface area contributed by atoms with Crippen LogP contribution in [0, 0.1) is 0 Å². The number of hydrogen-bond acceptors (Lipinski definition) is 5. The van der Waals surface area contributed by atoms with Crippen molar-refractivity contribution >= 4 is 20.9 Å². The first-order valence-corrected chi connectivity index (χ1v) is 8.10. The third-order valence-corrected chi connectivity index (χ3v) is 4.55. The minimum absolute atomic E-state index is 0.0491. The topological polar surface area (TPSA) is 108 Å². The number of aromatic hydroxyl groups is 1. The summed E-state index contributed by atoms with van der Waals surface area (Å²) in [5, 5.41) is 10.3. The smallest absolute Gasteiger partial charge is 0.258 e. The predicted molar refractivity (Wildman–Crippen MR) is 80.9 cm³/mol. The van der Waals surface area contributed by atoms with E-state index in [4.69, 9.17) is 0 Å². The van der Waals surface area contributed by atoms with Crippen molar-refractivity contribution in [2.75, 3.05) is 6.54 Å². The molecule has 7 nitrogen and oxygen atoms in total. The van der Waals surface area contributed by atoms with E-state index in [1.54, 1.807) is 24.4 Å². The van der Waals surface area contributed by atoms with Crippen LogP contribution >= 0.6 is 0 Å². The number of aromatic nitrogens is 3. The molecule has 3 N–H and O–H groups in total. The van der Waals surface area contributed by atoms with Gasteiger partial charge >= 0.3 is 0 Å². The fourth-order valence-electron chi connectivity index (χ4n) is 2.08. The van der Waals surface area contributed by atoms with E-state index in [1.807, 2.05) is 0 Å². The molecule has 114 valence electrons. The number of phenolic OH excluding ortho intramolecular Hbond substituents is 1. The van der Waals surface area contributed by atoms with Crippen LogP contribution in [0.25, 0.3) is 10.9 Å². The summed E-state index contributed by atoms with van der Waals surface area (Å²) in [6.45, 7) is 0.227. The molecule has 0 radical (unpaired) electrons. The number of sulfonamides is 1. The summed E-state index contributed by atoms with van der Waals surface area (Å²) in [6, 6.07) is 7.93.